The van der Waals surface area contributed by atoms with Crippen LogP contribution in [0.15, 0.2) is 89.3 Å². The molecular weight excluding hydrogens is 536 g/mol. The molecule has 3 aromatic heterocycles. The van der Waals surface area contributed by atoms with Crippen LogP contribution in [-0.4, -0.2) is 59.8 Å². The Labute approximate surface area is 242 Å². The van der Waals surface area contributed by atoms with Crippen LogP contribution in [0.1, 0.15) is 23.2 Å². The lowest BCUT2D eigenvalue weighted by Crippen LogP contribution is -2.46. The van der Waals surface area contributed by atoms with Gasteiger partial charge in [-0.15, -0.1) is 11.3 Å². The Balaban J connectivity index is 0.982. The third kappa shape index (κ3) is 6.26. The van der Waals surface area contributed by atoms with Crippen LogP contribution in [0.2, 0.25) is 0 Å². The smallest absolute Gasteiger partial charge is 0.339 e. The molecule has 0 N–H and O–H groups in total. The van der Waals surface area contributed by atoms with Crippen molar-refractivity contribution in [3.63, 3.8) is 0 Å². The molecule has 1 aliphatic heterocycles. The second-order valence-electron chi connectivity index (χ2n) is 10.1. The molecule has 0 unspecified atom stereocenters. The van der Waals surface area contributed by atoms with Crippen molar-refractivity contribution < 1.29 is 14.3 Å². The molecule has 6 rings (SSSR count). The number of aromatic nitrogens is 2. The maximum absolute atomic E-state index is 12.6. The number of nitrogens with zero attached hydrogens (tertiary/aromatic N) is 4. The number of carbonyl (C=O) groups excluding carboxylic acids is 1. The predicted molar refractivity (Wildman–Crippen MR) is 163 cm³/mol. The zero-order valence-electron chi connectivity index (χ0n) is 22.8. The highest BCUT2D eigenvalue weighted by Gasteiger charge is 2.18. The average molecular weight is 569 g/mol. The topological polar surface area (TPSA) is 76.9 Å². The second kappa shape index (κ2) is 12.5. The van der Waals surface area contributed by atoms with Crippen LogP contribution in [0, 0.1) is 0 Å². The maximum atomic E-state index is 12.6. The van der Waals surface area contributed by atoms with Gasteiger partial charge in [-0.25, -0.2) is 4.79 Å². The van der Waals surface area contributed by atoms with E-state index in [1.807, 2.05) is 18.2 Å². The quantitative estimate of drug-likeness (QED) is 0.165. The van der Waals surface area contributed by atoms with Crippen molar-refractivity contribution in [1.82, 2.24) is 14.5 Å². The molecule has 0 radical (unpaired) electrons. The number of unbranched alkanes of at least 4 members (excludes halogenated alkanes) is 1. The summed E-state index contributed by atoms with van der Waals surface area (Å²) in [6, 6.07) is 20.9. The summed E-state index contributed by atoms with van der Waals surface area (Å²) in [4.78, 5) is 33.9. The molecule has 41 heavy (non-hydrogen) atoms. The van der Waals surface area contributed by atoms with Gasteiger partial charge in [0.1, 0.15) is 5.75 Å². The van der Waals surface area contributed by atoms with E-state index in [9.17, 15) is 9.59 Å². The first-order valence-corrected chi connectivity index (χ1v) is 14.8. The molecule has 0 aliphatic carbocycles. The van der Waals surface area contributed by atoms with Crippen LogP contribution in [0.4, 0.5) is 5.69 Å². The Kier molecular flexibility index (Phi) is 8.25. The van der Waals surface area contributed by atoms with E-state index in [1.54, 1.807) is 29.5 Å². The lowest BCUT2D eigenvalue weighted by molar-refractivity contribution is 0.0374. The van der Waals surface area contributed by atoms with E-state index in [0.29, 0.717) is 23.4 Å². The van der Waals surface area contributed by atoms with Gasteiger partial charge in [-0.05, 0) is 78.7 Å². The summed E-state index contributed by atoms with van der Waals surface area (Å²) < 4.78 is 14.2. The summed E-state index contributed by atoms with van der Waals surface area (Å²) in [7, 11) is 0. The first-order chi connectivity index (χ1) is 20.2. The summed E-state index contributed by atoms with van der Waals surface area (Å²) >= 11 is 1.80. The number of ether oxygens (including phenoxy) is 2. The standard InChI is InChI=1S/C32H32N4O4S/c37-31-9-7-24-6-8-26(22-29(24)36(31)23-40-32(38)25-10-13-33-14-11-25)39-20-2-1-15-34-16-18-35(19-17-34)28-4-3-5-30-27(28)12-21-41-30/h3-14,21-22H,1-2,15-20,23H2. The monoisotopic (exact) mass is 568 g/mol. The van der Waals surface area contributed by atoms with Crippen molar-refractivity contribution in [2.75, 3.05) is 44.2 Å². The Morgan fingerprint density at radius 3 is 2.61 bits per heavy atom. The fourth-order valence-electron chi connectivity index (χ4n) is 5.28. The predicted octanol–water partition coefficient (Wildman–Crippen LogP) is 5.41. The van der Waals surface area contributed by atoms with Crippen LogP contribution in [-0.2, 0) is 11.5 Å². The molecule has 4 heterocycles. The summed E-state index contributed by atoms with van der Waals surface area (Å²) in [6.07, 6.45) is 5.05. The van der Waals surface area contributed by atoms with Crippen LogP contribution in [0.25, 0.3) is 21.0 Å². The highest BCUT2D eigenvalue weighted by Crippen LogP contribution is 2.31. The van der Waals surface area contributed by atoms with Gasteiger partial charge >= 0.3 is 5.97 Å². The Morgan fingerprint density at radius 1 is 0.927 bits per heavy atom. The van der Waals surface area contributed by atoms with Crippen LogP contribution < -0.4 is 15.2 Å². The van der Waals surface area contributed by atoms with Crippen molar-refractivity contribution in [3.8, 4) is 5.75 Å². The van der Waals surface area contributed by atoms with E-state index in [4.69, 9.17) is 9.47 Å². The van der Waals surface area contributed by atoms with Crippen LogP contribution in [0.5, 0.6) is 5.75 Å². The number of pyridine rings is 2. The van der Waals surface area contributed by atoms with Gasteiger partial charge in [-0.1, -0.05) is 6.07 Å². The molecule has 2 aromatic carbocycles. The number of fused-ring (bicyclic) bond motifs is 2. The summed E-state index contributed by atoms with van der Waals surface area (Å²) in [5.74, 6) is 0.179. The lowest BCUT2D eigenvalue weighted by atomic mass is 10.2. The van der Waals surface area contributed by atoms with Gasteiger partial charge in [-0.3, -0.25) is 19.2 Å². The van der Waals surface area contributed by atoms with E-state index >= 15 is 0 Å². The second-order valence-corrected chi connectivity index (χ2v) is 11.1. The molecule has 8 nitrogen and oxygen atoms in total. The summed E-state index contributed by atoms with van der Waals surface area (Å²) in [6.45, 7) is 5.69. The fraction of sp³-hybridized carbons (Fsp3) is 0.281. The third-order valence-electron chi connectivity index (χ3n) is 7.53. The van der Waals surface area contributed by atoms with Crippen molar-refractivity contribution in [2.45, 2.75) is 19.6 Å². The zero-order valence-corrected chi connectivity index (χ0v) is 23.6. The average Bonchev–Trinajstić information content (AvgIpc) is 3.50. The van der Waals surface area contributed by atoms with Gasteiger partial charge in [0.05, 0.1) is 17.7 Å². The lowest BCUT2D eigenvalue weighted by Gasteiger charge is -2.36. The molecule has 0 amide bonds. The van der Waals surface area contributed by atoms with E-state index in [1.165, 1.54) is 38.8 Å². The highest BCUT2D eigenvalue weighted by molar-refractivity contribution is 7.17. The molecule has 0 bridgehead atoms. The highest BCUT2D eigenvalue weighted by atomic mass is 32.1. The van der Waals surface area contributed by atoms with Gasteiger partial charge in [0.25, 0.3) is 5.56 Å². The molecule has 0 spiro atoms. The number of carbonyl (C=O) groups is 1. The molecule has 0 atom stereocenters. The molecule has 5 aromatic rings. The van der Waals surface area contributed by atoms with E-state index in [0.717, 1.165) is 51.0 Å². The van der Waals surface area contributed by atoms with Gasteiger partial charge in [0.15, 0.2) is 6.73 Å². The van der Waals surface area contributed by atoms with Crippen molar-refractivity contribution in [2.24, 2.45) is 0 Å². The molecule has 1 saturated heterocycles. The molecule has 1 fully saturated rings. The van der Waals surface area contributed by atoms with Crippen LogP contribution in [0.3, 0.4) is 0 Å². The number of esters is 1. The van der Waals surface area contributed by atoms with Gasteiger partial charge < -0.3 is 14.4 Å². The summed E-state index contributed by atoms with van der Waals surface area (Å²) in [5.41, 5.74) is 2.15. The molecule has 1 aliphatic rings. The van der Waals surface area contributed by atoms with E-state index in [-0.39, 0.29) is 12.3 Å². The summed E-state index contributed by atoms with van der Waals surface area (Å²) in [5, 5.41) is 4.40. The number of benzene rings is 2. The minimum atomic E-state index is -0.509. The SMILES string of the molecule is O=C(OCn1c(=O)ccc2ccc(OCCCCN3CCN(c4cccc5sccc45)CC3)cc21)c1ccncc1. The number of hydrogen-bond acceptors (Lipinski definition) is 8. The number of piperazine rings is 1. The first-order valence-electron chi connectivity index (χ1n) is 13.9. The molecular formula is C32H32N4O4S. The van der Waals surface area contributed by atoms with Crippen molar-refractivity contribution in [3.05, 3.63) is 100 Å². The van der Waals surface area contributed by atoms with Gasteiger partial charge in [0, 0.05) is 66.5 Å². The first kappa shape index (κ1) is 27.0. The number of hydrogen-bond donors (Lipinski definition) is 0. The van der Waals surface area contributed by atoms with Crippen molar-refractivity contribution in [1.29, 1.82) is 0 Å². The van der Waals surface area contributed by atoms with Gasteiger partial charge in [0.2, 0.25) is 0 Å². The van der Waals surface area contributed by atoms with Crippen LogP contribution >= 0.6 is 11.3 Å². The van der Waals surface area contributed by atoms with E-state index < -0.39 is 5.97 Å². The molecule has 0 saturated carbocycles. The number of rotatable bonds is 10. The van der Waals surface area contributed by atoms with Crippen molar-refractivity contribution >= 4 is 44.0 Å². The Bertz CT molecular complexity index is 1690. The zero-order chi connectivity index (χ0) is 28.0. The molecule has 9 heteroatoms. The minimum Gasteiger partial charge on any atom is -0.494 e. The fourth-order valence-corrected chi connectivity index (χ4v) is 6.09. The number of thiophene rings is 1. The Morgan fingerprint density at radius 2 is 1.76 bits per heavy atom. The number of anilines is 1. The van der Waals surface area contributed by atoms with Gasteiger partial charge in [-0.2, -0.15) is 0 Å². The Hall–Kier alpha value is -4.21. The third-order valence-corrected chi connectivity index (χ3v) is 8.41. The normalized spacial score (nSPS) is 14.0. The molecule has 210 valence electrons. The van der Waals surface area contributed by atoms with E-state index in [2.05, 4.69) is 44.4 Å². The largest absolute Gasteiger partial charge is 0.494 e. The maximum Gasteiger partial charge on any atom is 0.339 e. The minimum absolute atomic E-state index is 0.184.